The maximum absolute atomic E-state index is 12.5. The molecule has 0 aliphatic carbocycles. The lowest BCUT2D eigenvalue weighted by molar-refractivity contribution is 0.0678. The molecule has 3 heterocycles. The molecule has 2 amide bonds. The Balaban J connectivity index is 1.73. The van der Waals surface area contributed by atoms with Crippen LogP contribution < -0.4 is 5.73 Å². The van der Waals surface area contributed by atoms with Gasteiger partial charge in [0.1, 0.15) is 0 Å². The van der Waals surface area contributed by atoms with E-state index >= 15 is 0 Å². The molecule has 0 radical (unpaired) electrons. The van der Waals surface area contributed by atoms with Gasteiger partial charge in [0.05, 0.1) is 16.5 Å². The van der Waals surface area contributed by atoms with Crippen molar-refractivity contribution in [1.82, 2.24) is 14.7 Å². The average Bonchev–Trinajstić information content (AvgIpc) is 3.18. The Morgan fingerprint density at radius 3 is 2.95 bits per heavy atom. The molecule has 0 aromatic carbocycles. The van der Waals surface area contributed by atoms with Gasteiger partial charge in [0.15, 0.2) is 0 Å². The normalized spacial score (nSPS) is 18.7. The second-order valence-corrected chi connectivity index (χ2v) is 6.01. The zero-order valence-corrected chi connectivity index (χ0v) is 12.3. The fraction of sp³-hybridized carbons (Fsp3) is 0.357. The van der Waals surface area contributed by atoms with E-state index < -0.39 is 5.91 Å². The highest BCUT2D eigenvalue weighted by Crippen LogP contribution is 2.24. The van der Waals surface area contributed by atoms with E-state index in [2.05, 4.69) is 5.10 Å². The van der Waals surface area contributed by atoms with Gasteiger partial charge in [-0.2, -0.15) is 5.10 Å². The summed E-state index contributed by atoms with van der Waals surface area (Å²) in [5, 5.41) is 5.88. The first-order chi connectivity index (χ1) is 10.1. The second-order valence-electron chi connectivity index (χ2n) is 5.10. The van der Waals surface area contributed by atoms with Gasteiger partial charge in [0.2, 0.25) is 5.91 Å². The molecule has 1 aliphatic heterocycles. The van der Waals surface area contributed by atoms with Gasteiger partial charge in [0, 0.05) is 30.9 Å². The number of aromatic nitrogens is 2. The minimum Gasteiger partial charge on any atom is -0.366 e. The van der Waals surface area contributed by atoms with Crippen molar-refractivity contribution in [2.45, 2.75) is 18.9 Å². The number of nitrogens with zero attached hydrogens (tertiary/aromatic N) is 3. The molecule has 0 unspecified atom stereocenters. The first-order valence-electron chi connectivity index (χ1n) is 6.82. The maximum atomic E-state index is 12.5. The fourth-order valence-corrected chi connectivity index (χ4v) is 3.45. The molecule has 2 aromatic rings. The molecule has 21 heavy (non-hydrogen) atoms. The van der Waals surface area contributed by atoms with E-state index in [0.717, 1.165) is 19.4 Å². The van der Waals surface area contributed by atoms with Crippen LogP contribution in [0, 0.1) is 0 Å². The molecular weight excluding hydrogens is 288 g/mol. The Hall–Kier alpha value is -2.15. The molecule has 110 valence electrons. The third-order valence-corrected chi connectivity index (χ3v) is 4.60. The monoisotopic (exact) mass is 304 g/mol. The van der Waals surface area contributed by atoms with Crippen LogP contribution in [0.25, 0.3) is 0 Å². The van der Waals surface area contributed by atoms with Crippen LogP contribution >= 0.6 is 11.3 Å². The van der Waals surface area contributed by atoms with Crippen molar-refractivity contribution in [3.8, 4) is 0 Å². The molecule has 1 aliphatic rings. The molecule has 6 nitrogen and oxygen atoms in total. The maximum Gasteiger partial charge on any atom is 0.264 e. The highest BCUT2D eigenvalue weighted by atomic mass is 32.1. The highest BCUT2D eigenvalue weighted by Gasteiger charge is 2.26. The first-order valence-corrected chi connectivity index (χ1v) is 7.70. The third kappa shape index (κ3) is 2.82. The van der Waals surface area contributed by atoms with Crippen molar-refractivity contribution >= 4 is 23.2 Å². The van der Waals surface area contributed by atoms with Gasteiger partial charge >= 0.3 is 0 Å². The number of carbonyl (C=O) groups excluding carboxylic acids is 2. The van der Waals surface area contributed by atoms with Crippen molar-refractivity contribution in [1.29, 1.82) is 0 Å². The third-order valence-electron chi connectivity index (χ3n) is 3.68. The molecule has 1 fully saturated rings. The number of thiophene rings is 1. The van der Waals surface area contributed by atoms with E-state index in [-0.39, 0.29) is 11.9 Å². The smallest absolute Gasteiger partial charge is 0.264 e. The summed E-state index contributed by atoms with van der Waals surface area (Å²) in [5.74, 6) is -0.539. The Morgan fingerprint density at radius 1 is 1.43 bits per heavy atom. The molecule has 2 N–H and O–H groups in total. The largest absolute Gasteiger partial charge is 0.366 e. The van der Waals surface area contributed by atoms with Crippen LogP contribution in [0.2, 0.25) is 0 Å². The van der Waals surface area contributed by atoms with Crippen LogP contribution in [0.5, 0.6) is 0 Å². The topological polar surface area (TPSA) is 81.2 Å². The number of nitrogens with two attached hydrogens (primary N) is 1. The number of primary amides is 1. The predicted octanol–water partition coefficient (Wildman–Crippen LogP) is 1.52. The minimum atomic E-state index is -0.502. The molecule has 1 saturated heterocycles. The van der Waals surface area contributed by atoms with Crippen LogP contribution in [-0.2, 0) is 0 Å². The van der Waals surface area contributed by atoms with Gasteiger partial charge in [-0.05, 0) is 25.0 Å². The Morgan fingerprint density at radius 2 is 2.29 bits per heavy atom. The summed E-state index contributed by atoms with van der Waals surface area (Å²) in [6, 6.07) is 3.68. The van der Waals surface area contributed by atoms with Gasteiger partial charge in [0.25, 0.3) is 5.91 Å². The molecule has 0 bridgehead atoms. The Kier molecular flexibility index (Phi) is 3.74. The summed E-state index contributed by atoms with van der Waals surface area (Å²) in [6.45, 7) is 1.38. The molecule has 7 heteroatoms. The summed E-state index contributed by atoms with van der Waals surface area (Å²) < 4.78 is 1.91. The Bertz CT molecular complexity index is 650. The number of carbonyl (C=O) groups is 2. The van der Waals surface area contributed by atoms with Crippen molar-refractivity contribution < 1.29 is 9.59 Å². The molecule has 3 rings (SSSR count). The van der Waals surface area contributed by atoms with Crippen LogP contribution in [-0.4, -0.2) is 39.6 Å². The van der Waals surface area contributed by atoms with E-state index in [0.29, 0.717) is 17.0 Å². The second kappa shape index (κ2) is 5.69. The molecule has 1 atom stereocenters. The fourth-order valence-electron chi connectivity index (χ4n) is 2.59. The minimum absolute atomic E-state index is 0.0376. The number of hydrogen-bond donors (Lipinski definition) is 1. The molecule has 0 saturated carbocycles. The molecule has 2 aromatic heterocycles. The number of rotatable bonds is 3. The zero-order valence-electron chi connectivity index (χ0n) is 11.4. The number of hydrogen-bond acceptors (Lipinski definition) is 4. The van der Waals surface area contributed by atoms with Crippen LogP contribution in [0.3, 0.4) is 0 Å². The summed E-state index contributed by atoms with van der Waals surface area (Å²) in [6.07, 6.45) is 5.64. The number of piperidine rings is 1. The standard InChI is InChI=1S/C14H16N4O2S/c15-13(19)10-7-12(21-9-10)14(20)17-5-1-3-11(8-17)18-6-2-4-16-18/h2,4,6-7,9,11H,1,3,5,8H2,(H2,15,19)/t11-/m1/s1. The van der Waals surface area contributed by atoms with E-state index in [1.54, 1.807) is 17.6 Å². The van der Waals surface area contributed by atoms with Gasteiger partial charge < -0.3 is 10.6 Å². The lowest BCUT2D eigenvalue weighted by Gasteiger charge is -2.32. The quantitative estimate of drug-likeness (QED) is 0.933. The van der Waals surface area contributed by atoms with Gasteiger partial charge in [-0.1, -0.05) is 0 Å². The zero-order chi connectivity index (χ0) is 14.8. The van der Waals surface area contributed by atoms with E-state index in [4.69, 9.17) is 5.73 Å². The highest BCUT2D eigenvalue weighted by molar-refractivity contribution is 7.12. The van der Waals surface area contributed by atoms with E-state index in [1.165, 1.54) is 11.3 Å². The van der Waals surface area contributed by atoms with Gasteiger partial charge in [-0.3, -0.25) is 14.3 Å². The lowest BCUT2D eigenvalue weighted by atomic mass is 10.1. The van der Waals surface area contributed by atoms with Crippen molar-refractivity contribution in [2.75, 3.05) is 13.1 Å². The summed E-state index contributed by atoms with van der Waals surface area (Å²) in [7, 11) is 0. The van der Waals surface area contributed by atoms with Crippen molar-refractivity contribution in [2.24, 2.45) is 5.73 Å². The number of likely N-dealkylation sites (tertiary alicyclic amines) is 1. The SMILES string of the molecule is NC(=O)c1csc(C(=O)N2CCC[C@@H](n3cccn3)C2)c1. The Labute approximate surface area is 126 Å². The molecular formula is C14H16N4O2S. The van der Waals surface area contributed by atoms with Crippen LogP contribution in [0.4, 0.5) is 0 Å². The summed E-state index contributed by atoms with van der Waals surface area (Å²) in [5.41, 5.74) is 5.62. The van der Waals surface area contributed by atoms with Crippen LogP contribution in [0.1, 0.15) is 38.9 Å². The lowest BCUT2D eigenvalue weighted by Crippen LogP contribution is -2.40. The van der Waals surface area contributed by atoms with Gasteiger partial charge in [-0.25, -0.2) is 0 Å². The summed E-state index contributed by atoms with van der Waals surface area (Å²) in [4.78, 5) is 26.0. The van der Waals surface area contributed by atoms with Gasteiger partial charge in [-0.15, -0.1) is 11.3 Å². The van der Waals surface area contributed by atoms with Crippen LogP contribution in [0.15, 0.2) is 29.9 Å². The summed E-state index contributed by atoms with van der Waals surface area (Å²) >= 11 is 1.26. The average molecular weight is 304 g/mol. The number of amides is 2. The van der Waals surface area contributed by atoms with E-state index in [1.807, 2.05) is 21.8 Å². The predicted molar refractivity (Wildman–Crippen MR) is 79.2 cm³/mol. The van der Waals surface area contributed by atoms with Crippen molar-refractivity contribution in [3.63, 3.8) is 0 Å². The molecule has 0 spiro atoms. The first kappa shape index (κ1) is 13.8. The van der Waals surface area contributed by atoms with E-state index in [9.17, 15) is 9.59 Å². The van der Waals surface area contributed by atoms with Crippen molar-refractivity contribution in [3.05, 3.63) is 40.3 Å².